The average molecular weight is 194 g/mol. The molecule has 0 bridgehead atoms. The van der Waals surface area contributed by atoms with Gasteiger partial charge in [0.05, 0.1) is 6.04 Å². The summed E-state index contributed by atoms with van der Waals surface area (Å²) in [5, 5.41) is 3.36. The molecule has 1 aliphatic carbocycles. The van der Waals surface area contributed by atoms with E-state index in [1.165, 1.54) is 25.7 Å². The normalized spacial score (nSPS) is 40.9. The van der Waals surface area contributed by atoms with Crippen molar-refractivity contribution >= 4 is 5.91 Å². The molecule has 3 nitrogen and oxygen atoms in total. The summed E-state index contributed by atoms with van der Waals surface area (Å²) in [5.41, 5.74) is 0. The predicted molar refractivity (Wildman–Crippen MR) is 53.8 cm³/mol. The van der Waals surface area contributed by atoms with Crippen LogP contribution < -0.4 is 5.32 Å². The first-order chi connectivity index (χ1) is 6.86. The molecule has 3 heteroatoms. The van der Waals surface area contributed by atoms with Crippen LogP contribution in [0, 0.1) is 11.8 Å². The largest absolute Gasteiger partial charge is 0.341 e. The molecule has 2 saturated heterocycles. The summed E-state index contributed by atoms with van der Waals surface area (Å²) in [6.07, 6.45) is 4.99. The Morgan fingerprint density at radius 1 is 1.21 bits per heavy atom. The lowest BCUT2D eigenvalue weighted by Crippen LogP contribution is -2.47. The fraction of sp³-hybridized carbons (Fsp3) is 0.909. The minimum absolute atomic E-state index is 0.179. The molecule has 0 aromatic heterocycles. The zero-order chi connectivity index (χ0) is 9.54. The van der Waals surface area contributed by atoms with Crippen LogP contribution in [0.3, 0.4) is 0 Å². The molecule has 3 fully saturated rings. The van der Waals surface area contributed by atoms with Gasteiger partial charge in [-0.25, -0.2) is 0 Å². The van der Waals surface area contributed by atoms with Crippen molar-refractivity contribution in [2.45, 2.75) is 31.7 Å². The molecule has 0 radical (unpaired) electrons. The van der Waals surface area contributed by atoms with E-state index in [0.29, 0.717) is 11.8 Å². The summed E-state index contributed by atoms with van der Waals surface area (Å²) in [7, 11) is 0. The Morgan fingerprint density at radius 2 is 2.00 bits per heavy atom. The SMILES string of the molecule is O=C([C@H]1NC[C@@H]2C[C@@H]21)N1CCCCC1. The Kier molecular flexibility index (Phi) is 2.01. The van der Waals surface area contributed by atoms with Crippen LogP contribution in [0.2, 0.25) is 0 Å². The minimum atomic E-state index is 0.179. The number of carbonyl (C=O) groups excluding carboxylic acids is 1. The molecule has 0 aromatic rings. The maximum absolute atomic E-state index is 12.1. The van der Waals surface area contributed by atoms with Gasteiger partial charge in [-0.2, -0.15) is 0 Å². The van der Waals surface area contributed by atoms with Crippen molar-refractivity contribution in [2.75, 3.05) is 19.6 Å². The number of amides is 1. The first-order valence-corrected chi connectivity index (χ1v) is 5.88. The van der Waals surface area contributed by atoms with Crippen LogP contribution in [0.1, 0.15) is 25.7 Å². The zero-order valence-electron chi connectivity index (χ0n) is 8.54. The van der Waals surface area contributed by atoms with Gasteiger partial charge in [-0.3, -0.25) is 4.79 Å². The van der Waals surface area contributed by atoms with Crippen molar-refractivity contribution in [3.63, 3.8) is 0 Å². The minimum Gasteiger partial charge on any atom is -0.341 e. The highest BCUT2D eigenvalue weighted by Gasteiger charge is 2.51. The van der Waals surface area contributed by atoms with Crippen molar-refractivity contribution in [3.8, 4) is 0 Å². The first kappa shape index (κ1) is 8.72. The van der Waals surface area contributed by atoms with Gasteiger partial charge in [0.15, 0.2) is 0 Å². The Hall–Kier alpha value is -0.570. The van der Waals surface area contributed by atoms with Crippen LogP contribution in [-0.4, -0.2) is 36.5 Å². The van der Waals surface area contributed by atoms with Crippen LogP contribution >= 0.6 is 0 Å². The number of nitrogens with one attached hydrogen (secondary N) is 1. The Labute approximate surface area is 84.8 Å². The summed E-state index contributed by atoms with van der Waals surface area (Å²) in [4.78, 5) is 14.2. The average Bonchev–Trinajstić information content (AvgIpc) is 2.91. The fourth-order valence-corrected chi connectivity index (χ4v) is 2.93. The number of hydrogen-bond acceptors (Lipinski definition) is 2. The molecule has 78 valence electrons. The van der Waals surface area contributed by atoms with E-state index in [-0.39, 0.29) is 6.04 Å². The summed E-state index contributed by atoms with van der Waals surface area (Å²) in [6, 6.07) is 0.179. The van der Waals surface area contributed by atoms with Gasteiger partial charge < -0.3 is 10.2 Å². The second-order valence-electron chi connectivity index (χ2n) is 4.93. The lowest BCUT2D eigenvalue weighted by molar-refractivity contribution is -0.134. The van der Waals surface area contributed by atoms with Crippen LogP contribution in [0.25, 0.3) is 0 Å². The first-order valence-electron chi connectivity index (χ1n) is 5.88. The Bertz CT molecular complexity index is 248. The van der Waals surface area contributed by atoms with Crippen molar-refractivity contribution in [3.05, 3.63) is 0 Å². The van der Waals surface area contributed by atoms with Gasteiger partial charge >= 0.3 is 0 Å². The second kappa shape index (κ2) is 3.23. The molecule has 1 saturated carbocycles. The predicted octanol–water partition coefficient (Wildman–Crippen LogP) is 0.607. The summed E-state index contributed by atoms with van der Waals surface area (Å²) in [6.45, 7) is 3.07. The summed E-state index contributed by atoms with van der Waals surface area (Å²) in [5.74, 6) is 1.90. The van der Waals surface area contributed by atoms with Gasteiger partial charge in [-0.15, -0.1) is 0 Å². The molecule has 2 heterocycles. The third-order valence-corrected chi connectivity index (χ3v) is 3.94. The third-order valence-electron chi connectivity index (χ3n) is 3.94. The number of likely N-dealkylation sites (tertiary alicyclic amines) is 1. The smallest absolute Gasteiger partial charge is 0.240 e. The van der Waals surface area contributed by atoms with E-state index in [2.05, 4.69) is 10.2 Å². The van der Waals surface area contributed by atoms with Crippen LogP contribution in [0.15, 0.2) is 0 Å². The zero-order valence-corrected chi connectivity index (χ0v) is 8.54. The quantitative estimate of drug-likeness (QED) is 0.663. The molecule has 0 unspecified atom stereocenters. The fourth-order valence-electron chi connectivity index (χ4n) is 2.93. The van der Waals surface area contributed by atoms with E-state index in [4.69, 9.17) is 0 Å². The van der Waals surface area contributed by atoms with E-state index in [1.807, 2.05) is 0 Å². The van der Waals surface area contributed by atoms with Gasteiger partial charge in [0.25, 0.3) is 0 Å². The highest BCUT2D eigenvalue weighted by atomic mass is 16.2. The van der Waals surface area contributed by atoms with Gasteiger partial charge in [0, 0.05) is 13.1 Å². The third kappa shape index (κ3) is 1.34. The second-order valence-corrected chi connectivity index (χ2v) is 4.93. The molecule has 3 atom stereocenters. The number of piperidine rings is 2. The van der Waals surface area contributed by atoms with Gasteiger partial charge in [-0.1, -0.05) is 0 Å². The molecule has 3 rings (SSSR count). The maximum atomic E-state index is 12.1. The van der Waals surface area contributed by atoms with Gasteiger partial charge in [0.2, 0.25) is 5.91 Å². The van der Waals surface area contributed by atoms with Crippen LogP contribution in [-0.2, 0) is 4.79 Å². The molecule has 1 N–H and O–H groups in total. The molecular formula is C11H18N2O. The number of carbonyl (C=O) groups is 1. The maximum Gasteiger partial charge on any atom is 0.240 e. The topological polar surface area (TPSA) is 32.3 Å². The highest BCUT2D eigenvalue weighted by molar-refractivity contribution is 5.83. The summed E-state index contributed by atoms with van der Waals surface area (Å²) >= 11 is 0. The highest BCUT2D eigenvalue weighted by Crippen LogP contribution is 2.45. The standard InChI is InChI=1S/C11H18N2O/c14-11(13-4-2-1-3-5-13)10-9-6-8(9)7-12-10/h8-10,12H,1-7H2/t8-,9-,10-/m0/s1. The molecule has 2 aliphatic heterocycles. The number of hydrogen-bond donors (Lipinski definition) is 1. The van der Waals surface area contributed by atoms with Crippen LogP contribution in [0.4, 0.5) is 0 Å². The Balaban J connectivity index is 1.63. The summed E-state index contributed by atoms with van der Waals surface area (Å²) < 4.78 is 0. The van der Waals surface area contributed by atoms with Gasteiger partial charge in [0.1, 0.15) is 0 Å². The van der Waals surface area contributed by atoms with Crippen molar-refractivity contribution in [2.24, 2.45) is 11.8 Å². The van der Waals surface area contributed by atoms with E-state index in [0.717, 1.165) is 25.6 Å². The monoisotopic (exact) mass is 194 g/mol. The molecule has 0 spiro atoms. The number of nitrogens with zero attached hydrogens (tertiary/aromatic N) is 1. The van der Waals surface area contributed by atoms with E-state index < -0.39 is 0 Å². The van der Waals surface area contributed by atoms with E-state index in [9.17, 15) is 4.79 Å². The van der Waals surface area contributed by atoms with Crippen LogP contribution in [0.5, 0.6) is 0 Å². The molecular weight excluding hydrogens is 176 g/mol. The lowest BCUT2D eigenvalue weighted by Gasteiger charge is -2.29. The van der Waals surface area contributed by atoms with Crippen molar-refractivity contribution in [1.29, 1.82) is 0 Å². The molecule has 1 amide bonds. The lowest BCUT2D eigenvalue weighted by atomic mass is 10.1. The van der Waals surface area contributed by atoms with Crippen molar-refractivity contribution in [1.82, 2.24) is 10.2 Å². The molecule has 14 heavy (non-hydrogen) atoms. The number of rotatable bonds is 1. The number of fused-ring (bicyclic) bond motifs is 1. The Morgan fingerprint density at radius 3 is 2.57 bits per heavy atom. The van der Waals surface area contributed by atoms with Crippen molar-refractivity contribution < 1.29 is 4.79 Å². The van der Waals surface area contributed by atoms with Gasteiger partial charge in [-0.05, 0) is 44.1 Å². The molecule has 0 aromatic carbocycles. The van der Waals surface area contributed by atoms with E-state index in [1.54, 1.807) is 0 Å². The molecule has 3 aliphatic rings. The van der Waals surface area contributed by atoms with E-state index >= 15 is 0 Å².